The first-order valence-electron chi connectivity index (χ1n) is 9.35. The number of imidazole rings is 1. The molecule has 29 heavy (non-hydrogen) atoms. The van der Waals surface area contributed by atoms with Gasteiger partial charge in [0, 0.05) is 13.1 Å². The van der Waals surface area contributed by atoms with Gasteiger partial charge in [0.05, 0.1) is 21.7 Å². The second kappa shape index (κ2) is 9.43. The number of aromatic nitrogens is 2. The van der Waals surface area contributed by atoms with Crippen LogP contribution in [0.3, 0.4) is 0 Å². The molecule has 0 fully saturated rings. The average molecular weight is 433 g/mol. The highest BCUT2D eigenvalue weighted by Crippen LogP contribution is 2.26. The van der Waals surface area contributed by atoms with Crippen molar-refractivity contribution in [1.82, 2.24) is 14.9 Å². The molecule has 3 aromatic rings. The lowest BCUT2D eigenvalue weighted by Crippen LogP contribution is -2.24. The van der Waals surface area contributed by atoms with Crippen LogP contribution in [0.4, 0.5) is 0 Å². The van der Waals surface area contributed by atoms with Gasteiger partial charge in [0.25, 0.3) is 0 Å². The number of hydrogen-bond donors (Lipinski definition) is 2. The van der Waals surface area contributed by atoms with E-state index in [1.807, 2.05) is 34.9 Å². The maximum Gasteiger partial charge on any atom is 0.238 e. The Kier molecular flexibility index (Phi) is 6.94. The third-order valence-electron chi connectivity index (χ3n) is 4.41. The summed E-state index contributed by atoms with van der Waals surface area (Å²) in [6.07, 6.45) is 1.97. The summed E-state index contributed by atoms with van der Waals surface area (Å²) in [5.41, 5.74) is 2.43. The quantitative estimate of drug-likeness (QED) is 0.506. The molecule has 1 heterocycles. The second-order valence-corrected chi connectivity index (χ2v) is 9.15. The van der Waals surface area contributed by atoms with Crippen molar-refractivity contribution < 1.29 is 13.2 Å². The first-order chi connectivity index (χ1) is 13.9. The Labute approximate surface area is 174 Å². The van der Waals surface area contributed by atoms with Crippen LogP contribution in [0.1, 0.15) is 25.3 Å². The van der Waals surface area contributed by atoms with Crippen molar-refractivity contribution in [2.75, 3.05) is 5.75 Å². The number of primary sulfonamides is 1. The minimum atomic E-state index is -3.79. The number of fused-ring (bicyclic) bond motifs is 1. The Morgan fingerprint density at radius 3 is 2.66 bits per heavy atom. The molecule has 0 bridgehead atoms. The Hall–Kier alpha value is -2.36. The number of nitrogens with two attached hydrogens (primary N) is 1. The minimum absolute atomic E-state index is 0.0299. The summed E-state index contributed by atoms with van der Waals surface area (Å²) >= 11 is 1.34. The fraction of sp³-hybridized carbons (Fsp3) is 0.300. The van der Waals surface area contributed by atoms with Gasteiger partial charge in [-0.2, -0.15) is 0 Å². The molecule has 3 N–H and O–H groups in total. The van der Waals surface area contributed by atoms with E-state index in [4.69, 9.17) is 5.14 Å². The van der Waals surface area contributed by atoms with Gasteiger partial charge in [-0.15, -0.1) is 0 Å². The lowest BCUT2D eigenvalue weighted by molar-refractivity contribution is -0.118. The monoisotopic (exact) mass is 432 g/mol. The highest BCUT2D eigenvalue weighted by Gasteiger charge is 2.16. The summed E-state index contributed by atoms with van der Waals surface area (Å²) in [5.74, 6) is 0.141. The molecule has 0 saturated carbocycles. The Morgan fingerprint density at radius 2 is 1.97 bits per heavy atom. The predicted molar refractivity (Wildman–Crippen MR) is 115 cm³/mol. The van der Waals surface area contributed by atoms with Crippen LogP contribution in [0.2, 0.25) is 0 Å². The number of nitrogens with one attached hydrogen (secondary N) is 1. The molecular weight excluding hydrogens is 408 g/mol. The van der Waals surface area contributed by atoms with E-state index in [1.165, 1.54) is 23.9 Å². The molecule has 9 heteroatoms. The topological polar surface area (TPSA) is 107 Å². The molecule has 1 amide bonds. The van der Waals surface area contributed by atoms with E-state index in [1.54, 1.807) is 6.07 Å². The van der Waals surface area contributed by atoms with Gasteiger partial charge >= 0.3 is 0 Å². The number of hydrogen-bond acceptors (Lipinski definition) is 5. The predicted octanol–water partition coefficient (Wildman–Crippen LogP) is 2.89. The minimum Gasteiger partial charge on any atom is -0.351 e. The van der Waals surface area contributed by atoms with Crippen LogP contribution in [0.5, 0.6) is 0 Å². The van der Waals surface area contributed by atoms with E-state index < -0.39 is 10.0 Å². The van der Waals surface area contributed by atoms with Gasteiger partial charge in [0.15, 0.2) is 5.16 Å². The number of rotatable bonds is 9. The smallest absolute Gasteiger partial charge is 0.238 e. The summed E-state index contributed by atoms with van der Waals surface area (Å²) in [6, 6.07) is 14.4. The third-order valence-corrected chi connectivity index (χ3v) is 6.30. The summed E-state index contributed by atoms with van der Waals surface area (Å²) in [6.45, 7) is 3.32. The van der Waals surface area contributed by atoms with Gasteiger partial charge in [-0.1, -0.05) is 55.4 Å². The fourth-order valence-electron chi connectivity index (χ4n) is 2.88. The molecule has 0 spiro atoms. The van der Waals surface area contributed by atoms with Crippen molar-refractivity contribution in [2.45, 2.75) is 42.9 Å². The Morgan fingerprint density at radius 1 is 1.21 bits per heavy atom. The van der Waals surface area contributed by atoms with Gasteiger partial charge in [0.1, 0.15) is 0 Å². The number of aryl methyl sites for hydroxylation is 1. The van der Waals surface area contributed by atoms with Gasteiger partial charge in [-0.3, -0.25) is 4.79 Å². The maximum absolute atomic E-state index is 12.3. The summed E-state index contributed by atoms with van der Waals surface area (Å²) in [7, 11) is -3.79. The molecule has 154 valence electrons. The lowest BCUT2D eigenvalue weighted by atomic mass is 10.2. The third kappa shape index (κ3) is 5.59. The van der Waals surface area contributed by atoms with Crippen LogP contribution in [-0.4, -0.2) is 29.6 Å². The van der Waals surface area contributed by atoms with Gasteiger partial charge < -0.3 is 9.88 Å². The molecular formula is C20H24N4O3S2. The van der Waals surface area contributed by atoms with Crippen LogP contribution in [-0.2, 0) is 27.9 Å². The van der Waals surface area contributed by atoms with E-state index in [2.05, 4.69) is 17.2 Å². The van der Waals surface area contributed by atoms with Gasteiger partial charge in [-0.05, 0) is 30.2 Å². The number of sulfonamides is 1. The fourth-order valence-corrected chi connectivity index (χ4v) is 4.29. The molecule has 1 aromatic heterocycles. The number of thioether (sulfide) groups is 1. The number of carbonyl (C=O) groups is 1. The lowest BCUT2D eigenvalue weighted by Gasteiger charge is -2.09. The Balaban J connectivity index is 1.75. The van der Waals surface area contributed by atoms with E-state index in [0.717, 1.165) is 30.5 Å². The summed E-state index contributed by atoms with van der Waals surface area (Å²) in [4.78, 5) is 16.8. The Bertz CT molecular complexity index is 1100. The zero-order valence-electron chi connectivity index (χ0n) is 16.2. The van der Waals surface area contributed by atoms with Crippen molar-refractivity contribution in [3.63, 3.8) is 0 Å². The van der Waals surface area contributed by atoms with E-state index in [0.29, 0.717) is 17.2 Å². The highest BCUT2D eigenvalue weighted by molar-refractivity contribution is 7.99. The van der Waals surface area contributed by atoms with Crippen molar-refractivity contribution in [3.8, 4) is 0 Å². The number of amides is 1. The molecule has 0 aliphatic heterocycles. The number of nitrogens with zero attached hydrogens (tertiary/aromatic N) is 2. The number of carbonyl (C=O) groups excluding carboxylic acids is 1. The normalized spacial score (nSPS) is 11.7. The second-order valence-electron chi connectivity index (χ2n) is 6.65. The molecule has 0 radical (unpaired) electrons. The van der Waals surface area contributed by atoms with E-state index in [9.17, 15) is 13.2 Å². The average Bonchev–Trinajstić information content (AvgIpc) is 3.06. The standard InChI is InChI=1S/C20H24N4O3S2/c1-2-3-11-24-18-10-9-16(29(21,26)27)12-17(18)23-20(24)28-14-19(25)22-13-15-7-5-4-6-8-15/h4-10,12H,2-3,11,13-14H2,1H3,(H,22,25)(H2,21,26,27). The molecule has 3 rings (SSSR count). The molecule has 2 aromatic carbocycles. The number of benzene rings is 2. The summed E-state index contributed by atoms with van der Waals surface area (Å²) in [5, 5.41) is 8.82. The molecule has 0 aliphatic carbocycles. The zero-order chi connectivity index (χ0) is 20.9. The van der Waals surface area contributed by atoms with Gasteiger partial charge in [0.2, 0.25) is 15.9 Å². The van der Waals surface area contributed by atoms with E-state index >= 15 is 0 Å². The van der Waals surface area contributed by atoms with Crippen molar-refractivity contribution >= 4 is 38.7 Å². The highest BCUT2D eigenvalue weighted by atomic mass is 32.2. The molecule has 7 nitrogen and oxygen atoms in total. The molecule has 0 unspecified atom stereocenters. The SMILES string of the molecule is CCCCn1c(SCC(=O)NCc2ccccc2)nc2cc(S(N)(=O)=O)ccc21. The summed E-state index contributed by atoms with van der Waals surface area (Å²) < 4.78 is 25.3. The zero-order valence-corrected chi connectivity index (χ0v) is 17.8. The van der Waals surface area contributed by atoms with Crippen LogP contribution in [0.25, 0.3) is 11.0 Å². The molecule has 0 aliphatic rings. The van der Waals surface area contributed by atoms with Crippen LogP contribution >= 0.6 is 11.8 Å². The largest absolute Gasteiger partial charge is 0.351 e. The van der Waals surface area contributed by atoms with Crippen LogP contribution in [0.15, 0.2) is 58.6 Å². The maximum atomic E-state index is 12.3. The van der Waals surface area contributed by atoms with Crippen LogP contribution < -0.4 is 10.5 Å². The van der Waals surface area contributed by atoms with Crippen LogP contribution in [0, 0.1) is 0 Å². The van der Waals surface area contributed by atoms with E-state index in [-0.39, 0.29) is 16.6 Å². The molecule has 0 atom stereocenters. The van der Waals surface area contributed by atoms with Crippen molar-refractivity contribution in [2.24, 2.45) is 5.14 Å². The van der Waals surface area contributed by atoms with Crippen molar-refractivity contribution in [1.29, 1.82) is 0 Å². The van der Waals surface area contributed by atoms with Crippen molar-refractivity contribution in [3.05, 3.63) is 54.1 Å². The molecule has 0 saturated heterocycles. The first kappa shape index (κ1) is 21.4. The number of unbranched alkanes of at least 4 members (excludes halogenated alkanes) is 1. The first-order valence-corrected chi connectivity index (χ1v) is 11.9. The van der Waals surface area contributed by atoms with Gasteiger partial charge in [-0.25, -0.2) is 18.5 Å².